The molecule has 0 saturated carbocycles. The number of alkyl halides is 1. The summed E-state index contributed by atoms with van der Waals surface area (Å²) in [6, 6.07) is 6.81. The molecular weight excluding hydrogens is 378 g/mol. The van der Waals surface area contributed by atoms with E-state index < -0.39 is 5.82 Å². The first-order chi connectivity index (χ1) is 7.59. The van der Waals surface area contributed by atoms with Crippen LogP contribution in [0.4, 0.5) is 4.39 Å². The van der Waals surface area contributed by atoms with E-state index in [1.54, 1.807) is 17.4 Å². The number of benzene rings is 1. The van der Waals surface area contributed by atoms with Crippen LogP contribution in [0.1, 0.15) is 15.3 Å². The van der Waals surface area contributed by atoms with Gasteiger partial charge in [-0.05, 0) is 45.1 Å². The second kappa shape index (κ2) is 5.17. The summed E-state index contributed by atoms with van der Waals surface area (Å²) in [5.74, 6) is -0.392. The first-order valence-electron chi connectivity index (χ1n) is 4.41. The fourth-order valence-electron chi connectivity index (χ4n) is 1.31. The third kappa shape index (κ3) is 2.50. The van der Waals surface area contributed by atoms with Gasteiger partial charge in [0.1, 0.15) is 5.82 Å². The maximum atomic E-state index is 13.3. The maximum Gasteiger partial charge on any atom is 0.142 e. The zero-order chi connectivity index (χ0) is 11.7. The Morgan fingerprint density at radius 1 is 1.31 bits per heavy atom. The number of thiophene rings is 1. The first-order valence-corrected chi connectivity index (χ1v) is 7.38. The molecule has 1 atom stereocenters. The van der Waals surface area contributed by atoms with Crippen LogP contribution in [-0.4, -0.2) is 0 Å². The summed E-state index contributed by atoms with van der Waals surface area (Å²) in [5.41, 5.74) is 0.852. The van der Waals surface area contributed by atoms with Crippen molar-refractivity contribution in [2.24, 2.45) is 0 Å². The van der Waals surface area contributed by atoms with Gasteiger partial charge in [0.2, 0.25) is 0 Å². The number of hydrogen-bond donors (Lipinski definition) is 0. The zero-order valence-electron chi connectivity index (χ0n) is 7.88. The number of rotatable bonds is 2. The van der Waals surface area contributed by atoms with Gasteiger partial charge in [-0.25, -0.2) is 4.39 Å². The van der Waals surface area contributed by atoms with Crippen molar-refractivity contribution in [1.82, 2.24) is 0 Å². The third-order valence-corrected chi connectivity index (χ3v) is 5.64. The molecule has 0 amide bonds. The second-order valence-corrected chi connectivity index (χ2v) is 6.29. The lowest BCUT2D eigenvalue weighted by Crippen LogP contribution is -1.91. The minimum Gasteiger partial charge on any atom is -0.205 e. The summed E-state index contributed by atoms with van der Waals surface area (Å²) in [5, 5.41) is 2.13. The molecule has 0 saturated heterocycles. The minimum absolute atomic E-state index is 0.0198. The molecule has 1 aromatic heterocycles. The van der Waals surface area contributed by atoms with Crippen LogP contribution in [-0.2, 0) is 0 Å². The van der Waals surface area contributed by atoms with E-state index in [0.717, 1.165) is 14.9 Å². The van der Waals surface area contributed by atoms with Gasteiger partial charge in [-0.3, -0.25) is 0 Å². The van der Waals surface area contributed by atoms with E-state index in [9.17, 15) is 4.39 Å². The Balaban J connectivity index is 2.38. The predicted molar refractivity (Wildman–Crippen MR) is 74.2 cm³/mol. The van der Waals surface area contributed by atoms with Crippen LogP contribution in [0.2, 0.25) is 5.02 Å². The SMILES string of the molecule is Fc1cc(C(Br)c2sccc2Br)ccc1Cl. The molecule has 0 fully saturated rings. The van der Waals surface area contributed by atoms with Gasteiger partial charge in [0, 0.05) is 9.35 Å². The van der Waals surface area contributed by atoms with Crippen LogP contribution < -0.4 is 0 Å². The monoisotopic (exact) mass is 382 g/mol. The predicted octanol–water partition coefficient (Wildman–Crippen LogP) is 5.79. The van der Waals surface area contributed by atoms with Gasteiger partial charge in [0.15, 0.2) is 0 Å². The molecule has 0 spiro atoms. The van der Waals surface area contributed by atoms with Crippen molar-refractivity contribution in [3.8, 4) is 0 Å². The third-order valence-electron chi connectivity index (χ3n) is 2.11. The summed E-state index contributed by atoms with van der Waals surface area (Å²) in [6.45, 7) is 0. The molecular formula is C11H6Br2ClFS. The normalized spacial score (nSPS) is 12.8. The fraction of sp³-hybridized carbons (Fsp3) is 0.0909. The molecule has 0 aliphatic carbocycles. The average molecular weight is 384 g/mol. The summed E-state index contributed by atoms with van der Waals surface area (Å²) in [7, 11) is 0. The Morgan fingerprint density at radius 2 is 2.06 bits per heavy atom. The van der Waals surface area contributed by atoms with Gasteiger partial charge in [0.25, 0.3) is 0 Å². The van der Waals surface area contributed by atoms with E-state index in [0.29, 0.717) is 0 Å². The fourth-order valence-corrected chi connectivity index (χ4v) is 4.19. The highest BCUT2D eigenvalue weighted by molar-refractivity contribution is 9.11. The second-order valence-electron chi connectivity index (χ2n) is 3.17. The Kier molecular flexibility index (Phi) is 4.06. The summed E-state index contributed by atoms with van der Waals surface area (Å²) in [6.07, 6.45) is 0. The molecule has 0 N–H and O–H groups in total. The van der Waals surface area contributed by atoms with Gasteiger partial charge in [0.05, 0.1) is 9.85 Å². The van der Waals surface area contributed by atoms with Gasteiger partial charge < -0.3 is 0 Å². The van der Waals surface area contributed by atoms with Crippen LogP contribution in [0.25, 0.3) is 0 Å². The molecule has 0 aliphatic heterocycles. The Bertz CT molecular complexity index is 512. The van der Waals surface area contributed by atoms with Crippen LogP contribution in [0.15, 0.2) is 34.1 Å². The maximum absolute atomic E-state index is 13.3. The molecule has 5 heteroatoms. The van der Waals surface area contributed by atoms with Crippen LogP contribution in [0.5, 0.6) is 0 Å². The van der Waals surface area contributed by atoms with Crippen molar-refractivity contribution >= 4 is 54.8 Å². The van der Waals surface area contributed by atoms with E-state index in [-0.39, 0.29) is 9.85 Å². The average Bonchev–Trinajstić information content (AvgIpc) is 2.67. The zero-order valence-corrected chi connectivity index (χ0v) is 12.6. The van der Waals surface area contributed by atoms with Crippen molar-refractivity contribution in [3.63, 3.8) is 0 Å². The number of halogens is 4. The van der Waals surface area contributed by atoms with Crippen molar-refractivity contribution in [1.29, 1.82) is 0 Å². The molecule has 0 bridgehead atoms. The highest BCUT2D eigenvalue weighted by atomic mass is 79.9. The molecule has 84 valence electrons. The van der Waals surface area contributed by atoms with E-state index in [1.165, 1.54) is 6.07 Å². The van der Waals surface area contributed by atoms with Crippen molar-refractivity contribution in [3.05, 3.63) is 55.4 Å². The van der Waals surface area contributed by atoms with Crippen LogP contribution in [0, 0.1) is 5.82 Å². The van der Waals surface area contributed by atoms with E-state index in [2.05, 4.69) is 31.9 Å². The lowest BCUT2D eigenvalue weighted by molar-refractivity contribution is 0.626. The molecule has 1 unspecified atom stereocenters. The highest BCUT2D eigenvalue weighted by Gasteiger charge is 2.16. The molecule has 0 nitrogen and oxygen atoms in total. The van der Waals surface area contributed by atoms with E-state index >= 15 is 0 Å². The summed E-state index contributed by atoms with van der Waals surface area (Å²) >= 11 is 14.3. The largest absolute Gasteiger partial charge is 0.205 e. The van der Waals surface area contributed by atoms with E-state index in [4.69, 9.17) is 11.6 Å². The Hall–Kier alpha value is 0.1000. The van der Waals surface area contributed by atoms with Crippen molar-refractivity contribution in [2.45, 2.75) is 4.83 Å². The lowest BCUT2D eigenvalue weighted by Gasteiger charge is -2.09. The highest BCUT2D eigenvalue weighted by Crippen LogP contribution is 2.39. The van der Waals surface area contributed by atoms with Gasteiger partial charge >= 0.3 is 0 Å². The van der Waals surface area contributed by atoms with Crippen molar-refractivity contribution < 1.29 is 4.39 Å². The molecule has 0 radical (unpaired) electrons. The van der Waals surface area contributed by atoms with Gasteiger partial charge in [-0.1, -0.05) is 33.6 Å². The van der Waals surface area contributed by atoms with Crippen molar-refractivity contribution in [2.75, 3.05) is 0 Å². The molecule has 1 aromatic carbocycles. The Morgan fingerprint density at radius 3 is 2.62 bits per heavy atom. The molecule has 2 rings (SSSR count). The quantitative estimate of drug-likeness (QED) is 0.575. The molecule has 2 aromatic rings. The molecule has 16 heavy (non-hydrogen) atoms. The number of hydrogen-bond acceptors (Lipinski definition) is 1. The van der Waals surface area contributed by atoms with Crippen LogP contribution >= 0.6 is 54.8 Å². The molecule has 1 heterocycles. The smallest absolute Gasteiger partial charge is 0.142 e. The van der Waals surface area contributed by atoms with Crippen LogP contribution in [0.3, 0.4) is 0 Å². The summed E-state index contributed by atoms with van der Waals surface area (Å²) < 4.78 is 14.3. The summed E-state index contributed by atoms with van der Waals surface area (Å²) in [4.78, 5) is 1.09. The first kappa shape index (κ1) is 12.6. The molecule has 0 aliphatic rings. The van der Waals surface area contributed by atoms with Gasteiger partial charge in [-0.15, -0.1) is 11.3 Å². The van der Waals surface area contributed by atoms with Gasteiger partial charge in [-0.2, -0.15) is 0 Å². The minimum atomic E-state index is -0.392. The lowest BCUT2D eigenvalue weighted by atomic mass is 10.1. The van der Waals surface area contributed by atoms with E-state index in [1.807, 2.05) is 17.5 Å². The topological polar surface area (TPSA) is 0 Å². The Labute approximate surface area is 119 Å². The standard InChI is InChI=1S/C11H6Br2ClFS/c12-7-3-4-16-11(7)10(13)6-1-2-8(14)9(15)5-6/h1-5,10H.